The minimum atomic E-state index is -1.38. The Morgan fingerprint density at radius 1 is 0.844 bits per heavy atom. The van der Waals surface area contributed by atoms with E-state index >= 15 is 0 Å². The van der Waals surface area contributed by atoms with Crippen molar-refractivity contribution in [3.8, 4) is 0 Å². The Morgan fingerprint density at radius 3 is 2.12 bits per heavy atom. The van der Waals surface area contributed by atoms with Gasteiger partial charge in [-0.2, -0.15) is 10.2 Å². The maximum Gasteiger partial charge on any atom is 0.274 e. The van der Waals surface area contributed by atoms with Crippen LogP contribution in [0.25, 0.3) is 0 Å². The van der Waals surface area contributed by atoms with E-state index in [-0.39, 0.29) is 14.6 Å². The summed E-state index contributed by atoms with van der Waals surface area (Å²) in [4.78, 5) is 53.7. The number of aliphatic imine (C=N–C) groups is 1. The summed E-state index contributed by atoms with van der Waals surface area (Å²) in [6.07, 6.45) is 12.1. The molecular formula is C48H70N10O6. The Labute approximate surface area is 380 Å². The molecule has 2 aliphatic rings. The highest BCUT2D eigenvalue weighted by atomic mass is 16.6. The highest BCUT2D eigenvalue weighted by Crippen LogP contribution is 2.27. The summed E-state index contributed by atoms with van der Waals surface area (Å²) < 4.78 is 10.8. The van der Waals surface area contributed by atoms with Gasteiger partial charge in [0.25, 0.3) is 17.7 Å². The van der Waals surface area contributed by atoms with Gasteiger partial charge in [-0.05, 0) is 158 Å². The predicted octanol–water partition coefficient (Wildman–Crippen LogP) is 9.66. The highest BCUT2D eigenvalue weighted by molar-refractivity contribution is 6.10. The van der Waals surface area contributed by atoms with Crippen molar-refractivity contribution >= 4 is 46.7 Å². The molecule has 2 saturated heterocycles. The van der Waals surface area contributed by atoms with Crippen LogP contribution in [0.15, 0.2) is 98.3 Å². The molecule has 348 valence electrons. The Balaban J connectivity index is 0.00000578. The number of azo groups is 2. The number of carbonyl (C=O) groups excluding carboxylic acids is 3. The summed E-state index contributed by atoms with van der Waals surface area (Å²) in [6, 6.07) is 17.5. The maximum atomic E-state index is 13.3. The molecule has 64 heavy (non-hydrogen) atoms. The second-order valence-corrected chi connectivity index (χ2v) is 16.5. The molecule has 3 N–H and O–H groups in total. The number of Topliss-reactive ketones (excluding diaryl/α,β-unsaturated/α-hetero) is 1. The minimum Gasteiger partial charge on any atom is -0.499 e. The number of anilines is 1. The van der Waals surface area contributed by atoms with Crippen LogP contribution in [0.5, 0.6) is 0 Å². The van der Waals surface area contributed by atoms with Gasteiger partial charge >= 0.3 is 0 Å². The van der Waals surface area contributed by atoms with Crippen molar-refractivity contribution < 1.29 is 31.5 Å². The number of carbonyl (C=O) groups is 3. The molecule has 16 heteroatoms. The zero-order valence-electron chi connectivity index (χ0n) is 38.3. The highest BCUT2D eigenvalue weighted by Gasteiger charge is 2.24. The summed E-state index contributed by atoms with van der Waals surface area (Å²) >= 11 is 0. The van der Waals surface area contributed by atoms with E-state index in [9.17, 15) is 14.4 Å². The second kappa shape index (κ2) is 26.2. The molecule has 16 nitrogen and oxygen atoms in total. The number of hydroxylamine groups is 1. The number of ketones is 1. The number of nitrogens with one attached hydrogen (secondary N) is 3. The lowest BCUT2D eigenvalue weighted by Crippen LogP contribution is -2.39. The number of rotatable bonds is 23. The van der Waals surface area contributed by atoms with E-state index in [1.165, 1.54) is 71.8 Å². The number of nitrogens with zero attached hydrogens (tertiary/aromatic N) is 7. The summed E-state index contributed by atoms with van der Waals surface area (Å²) in [5.41, 5.74) is 8.08. The average Bonchev–Trinajstić information content (AvgIpc) is 3.28. The Hall–Kier alpha value is -5.68. The summed E-state index contributed by atoms with van der Waals surface area (Å²) in [5, 5.41) is 22.4. The van der Waals surface area contributed by atoms with E-state index in [0.717, 1.165) is 50.1 Å². The fourth-order valence-corrected chi connectivity index (χ4v) is 7.60. The first-order valence-corrected chi connectivity index (χ1v) is 22.5. The molecule has 3 aromatic carbocycles. The van der Waals surface area contributed by atoms with Crippen LogP contribution in [0.4, 0.5) is 22.7 Å². The van der Waals surface area contributed by atoms with Gasteiger partial charge in [0, 0.05) is 45.8 Å². The standard InChI is InChI=1S/C48H66N10O6.2H2/c1-34-30-44(52-48(61)46(38(5)59)56-54-42-21-17-40(18-22-42)47(60)49-23-11-27-57-25-9-7-13-36(57)3)35(2)29-43(34)50-33-63-45(32-62-6)55-53-41-19-15-39(16-20-41)31-64-51-24-12-28-58-26-10-8-14-37(58)4;;/h15-22,29-30,32-33,36-37,46,51H,7-14,23-28,31H2,1-6H3,(H,49,60)(H,52,61);2*1H/b45-32-,50-33?,55-53?,56-54?;;. The van der Waals surface area contributed by atoms with Crippen LogP contribution in [-0.4, -0.2) is 98.3 Å². The zero-order valence-corrected chi connectivity index (χ0v) is 38.3. The maximum absolute atomic E-state index is 13.3. The molecule has 0 bridgehead atoms. The van der Waals surface area contributed by atoms with E-state index in [1.807, 2.05) is 38.1 Å². The average molecular weight is 883 g/mol. The van der Waals surface area contributed by atoms with Crippen molar-refractivity contribution in [2.45, 2.75) is 111 Å². The molecule has 0 spiro atoms. The largest absolute Gasteiger partial charge is 0.499 e. The number of methoxy groups -OCH3 is 1. The van der Waals surface area contributed by atoms with Crippen LogP contribution >= 0.6 is 0 Å². The van der Waals surface area contributed by atoms with Gasteiger partial charge in [-0.1, -0.05) is 25.0 Å². The molecule has 0 aliphatic carbocycles. The van der Waals surface area contributed by atoms with E-state index in [4.69, 9.17) is 14.3 Å². The van der Waals surface area contributed by atoms with Gasteiger partial charge < -0.3 is 29.9 Å². The van der Waals surface area contributed by atoms with E-state index in [0.29, 0.717) is 59.1 Å². The Kier molecular flexibility index (Phi) is 20.2. The van der Waals surface area contributed by atoms with Gasteiger partial charge in [-0.15, -0.1) is 10.2 Å². The molecule has 2 fully saturated rings. The summed E-state index contributed by atoms with van der Waals surface area (Å²) in [6.45, 7) is 15.7. The lowest BCUT2D eigenvalue weighted by Gasteiger charge is -2.33. The first kappa shape index (κ1) is 49.3. The van der Waals surface area contributed by atoms with E-state index < -0.39 is 17.7 Å². The number of aryl methyl sites for hydroxylation is 2. The monoisotopic (exact) mass is 883 g/mol. The molecule has 2 heterocycles. The van der Waals surface area contributed by atoms with Gasteiger partial charge in [-0.25, -0.2) is 10.5 Å². The number of amides is 2. The first-order chi connectivity index (χ1) is 31.0. The molecule has 0 radical (unpaired) electrons. The third kappa shape index (κ3) is 16.1. The molecule has 3 unspecified atom stereocenters. The van der Waals surface area contributed by atoms with Crippen LogP contribution in [0.2, 0.25) is 0 Å². The summed E-state index contributed by atoms with van der Waals surface area (Å²) in [7, 11) is 1.48. The molecule has 3 aromatic rings. The number of piperidine rings is 2. The van der Waals surface area contributed by atoms with Crippen LogP contribution in [0.3, 0.4) is 0 Å². The van der Waals surface area contributed by atoms with Gasteiger partial charge in [0.2, 0.25) is 6.04 Å². The van der Waals surface area contributed by atoms with E-state index in [1.54, 1.807) is 36.4 Å². The molecular weight excluding hydrogens is 813 g/mol. The van der Waals surface area contributed by atoms with Crippen LogP contribution < -0.4 is 16.1 Å². The molecule has 0 saturated carbocycles. The van der Waals surface area contributed by atoms with Crippen LogP contribution in [0, 0.1) is 13.8 Å². The fraction of sp³-hybridized carbons (Fsp3) is 0.500. The molecule has 0 aromatic heterocycles. The van der Waals surface area contributed by atoms with Crippen LogP contribution in [-0.2, 0) is 30.5 Å². The number of hydrogen-bond acceptors (Lipinski definition) is 14. The van der Waals surface area contributed by atoms with Crippen molar-refractivity contribution in [3.05, 3.63) is 95.1 Å². The van der Waals surface area contributed by atoms with Gasteiger partial charge in [-0.3, -0.25) is 19.2 Å². The number of ether oxygens (including phenoxy) is 2. The SMILES string of the molecule is CO/C=C(/N=Nc1ccc(CONCCCN2CCCCC2C)cc1)OC=Nc1cc(C)c(NC(=O)C(N=Nc2ccc(C(=O)NCCCN3CCCCC3C)cc2)C(C)=O)cc1C.[HH].[HH]. The van der Waals surface area contributed by atoms with Crippen molar-refractivity contribution in [2.24, 2.45) is 25.4 Å². The molecule has 3 atom stereocenters. The lowest BCUT2D eigenvalue weighted by atomic mass is 10.0. The first-order valence-electron chi connectivity index (χ1n) is 22.5. The van der Waals surface area contributed by atoms with E-state index in [2.05, 4.69) is 65.2 Å². The predicted molar refractivity (Wildman–Crippen MR) is 254 cm³/mol. The minimum absolute atomic E-state index is 0. The van der Waals surface area contributed by atoms with Crippen molar-refractivity contribution in [1.29, 1.82) is 0 Å². The second-order valence-electron chi connectivity index (χ2n) is 16.5. The quantitative estimate of drug-likeness (QED) is 0.0159. The third-order valence-electron chi connectivity index (χ3n) is 11.5. The third-order valence-corrected chi connectivity index (χ3v) is 11.5. The van der Waals surface area contributed by atoms with Crippen molar-refractivity contribution in [3.63, 3.8) is 0 Å². The number of hydrogen-bond donors (Lipinski definition) is 3. The normalized spacial score (nSPS) is 18.1. The lowest BCUT2D eigenvalue weighted by molar-refractivity contribution is -0.126. The van der Waals surface area contributed by atoms with Gasteiger partial charge in [0.15, 0.2) is 12.2 Å². The topological polar surface area (TPSA) is 183 Å². The van der Waals surface area contributed by atoms with Crippen LogP contribution in [0.1, 0.15) is 102 Å². The smallest absolute Gasteiger partial charge is 0.274 e. The Bertz CT molecular complexity index is 2100. The van der Waals surface area contributed by atoms with Gasteiger partial charge in [0.05, 0.1) is 30.8 Å². The zero-order chi connectivity index (χ0) is 45.7. The fourth-order valence-electron chi connectivity index (χ4n) is 7.60. The van der Waals surface area contributed by atoms with Gasteiger partial charge in [0.1, 0.15) is 6.26 Å². The summed E-state index contributed by atoms with van der Waals surface area (Å²) in [5.74, 6) is -1.19. The number of likely N-dealkylation sites (tertiary alicyclic amines) is 2. The molecule has 2 amide bonds. The molecule has 2 aliphatic heterocycles. The molecule has 5 rings (SSSR count). The number of benzene rings is 3. The van der Waals surface area contributed by atoms with Crippen molar-refractivity contribution in [2.75, 3.05) is 51.7 Å². The van der Waals surface area contributed by atoms with Crippen molar-refractivity contribution in [1.82, 2.24) is 20.6 Å². The Morgan fingerprint density at radius 2 is 1.48 bits per heavy atom.